The first kappa shape index (κ1) is 23.0. The van der Waals surface area contributed by atoms with Crippen LogP contribution in [0.2, 0.25) is 5.02 Å². The molecule has 172 valence electrons. The number of halogens is 1. The number of thiophene rings is 2. The standard InChI is InChI=1S/C27H18ClN3O2S2/c28-21-6-2-1-5-19(21)22-13-12-20-24(29)25(35-27(20)31-22)26(33)30-17-9-7-16(8-10-17)23(32)14-11-18-4-3-15-34-18/h1-15H,29H2,(H,30,33). The van der Waals surface area contributed by atoms with Crippen LogP contribution in [0.15, 0.2) is 84.3 Å². The van der Waals surface area contributed by atoms with Crippen molar-refractivity contribution in [1.82, 2.24) is 4.98 Å². The number of hydrogen-bond acceptors (Lipinski definition) is 6. The van der Waals surface area contributed by atoms with Crippen molar-refractivity contribution in [3.63, 3.8) is 0 Å². The number of amides is 1. The number of benzene rings is 2. The van der Waals surface area contributed by atoms with Crippen molar-refractivity contribution in [3.05, 3.63) is 105 Å². The quantitative estimate of drug-likeness (QED) is 0.182. The van der Waals surface area contributed by atoms with E-state index < -0.39 is 0 Å². The maximum atomic E-state index is 13.0. The number of hydrogen-bond donors (Lipinski definition) is 2. The maximum Gasteiger partial charge on any atom is 0.267 e. The molecule has 3 aromatic heterocycles. The van der Waals surface area contributed by atoms with Crippen LogP contribution < -0.4 is 11.1 Å². The van der Waals surface area contributed by atoms with Gasteiger partial charge in [-0.05, 0) is 66.1 Å². The minimum Gasteiger partial charge on any atom is -0.397 e. The van der Waals surface area contributed by atoms with E-state index in [0.717, 1.165) is 15.8 Å². The van der Waals surface area contributed by atoms with Crippen LogP contribution in [-0.4, -0.2) is 16.7 Å². The van der Waals surface area contributed by atoms with Crippen molar-refractivity contribution >= 4 is 73.6 Å². The van der Waals surface area contributed by atoms with E-state index in [4.69, 9.17) is 17.3 Å². The van der Waals surface area contributed by atoms with Crippen LogP contribution in [0.25, 0.3) is 27.6 Å². The van der Waals surface area contributed by atoms with E-state index in [9.17, 15) is 9.59 Å². The van der Waals surface area contributed by atoms with Gasteiger partial charge in [-0.1, -0.05) is 35.9 Å². The summed E-state index contributed by atoms with van der Waals surface area (Å²) in [5, 5.41) is 6.13. The lowest BCUT2D eigenvalue weighted by Gasteiger charge is -2.05. The first-order valence-corrected chi connectivity index (χ1v) is 12.7. The Morgan fingerprint density at radius 2 is 1.77 bits per heavy atom. The highest BCUT2D eigenvalue weighted by Crippen LogP contribution is 2.36. The van der Waals surface area contributed by atoms with Crippen molar-refractivity contribution < 1.29 is 9.59 Å². The SMILES string of the molecule is Nc1c(C(=O)Nc2ccc(C(=O)C=Cc3cccs3)cc2)sc2nc(-c3ccccc3Cl)ccc12. The van der Waals surface area contributed by atoms with Crippen LogP contribution >= 0.6 is 34.3 Å². The van der Waals surface area contributed by atoms with Crippen molar-refractivity contribution in [3.8, 4) is 11.3 Å². The van der Waals surface area contributed by atoms with Crippen molar-refractivity contribution in [2.45, 2.75) is 0 Å². The summed E-state index contributed by atoms with van der Waals surface area (Å²) < 4.78 is 0. The molecular weight excluding hydrogens is 498 g/mol. The second-order valence-corrected chi connectivity index (χ2v) is 10.0. The number of aromatic nitrogens is 1. The Bertz CT molecular complexity index is 1570. The third-order valence-electron chi connectivity index (χ3n) is 5.32. The Labute approximate surface area is 214 Å². The molecule has 0 aliphatic rings. The molecular formula is C27H18ClN3O2S2. The number of pyridine rings is 1. The summed E-state index contributed by atoms with van der Waals surface area (Å²) in [6.45, 7) is 0. The Kier molecular flexibility index (Phi) is 6.46. The molecule has 1 amide bonds. The van der Waals surface area contributed by atoms with E-state index in [1.807, 2.05) is 53.9 Å². The molecule has 0 bridgehead atoms. The number of carbonyl (C=O) groups excluding carboxylic acids is 2. The molecule has 0 saturated carbocycles. The number of allylic oxidation sites excluding steroid dienone is 1. The normalized spacial score (nSPS) is 11.2. The van der Waals surface area contributed by atoms with Gasteiger partial charge >= 0.3 is 0 Å². The molecule has 0 radical (unpaired) electrons. The number of ketones is 1. The highest BCUT2D eigenvalue weighted by atomic mass is 35.5. The van der Waals surface area contributed by atoms with E-state index >= 15 is 0 Å². The molecule has 5 aromatic rings. The molecule has 0 atom stereocenters. The number of anilines is 2. The van der Waals surface area contributed by atoms with Gasteiger partial charge in [-0.15, -0.1) is 22.7 Å². The number of nitrogens with zero attached hydrogens (tertiary/aromatic N) is 1. The van der Waals surface area contributed by atoms with E-state index in [2.05, 4.69) is 10.3 Å². The van der Waals surface area contributed by atoms with Gasteiger partial charge in [-0.2, -0.15) is 0 Å². The fourth-order valence-corrected chi connectivity index (χ4v) is 5.37. The van der Waals surface area contributed by atoms with Gasteiger partial charge in [0.25, 0.3) is 5.91 Å². The average molecular weight is 516 g/mol. The average Bonchev–Trinajstić information content (AvgIpc) is 3.51. The van der Waals surface area contributed by atoms with Crippen LogP contribution in [0.1, 0.15) is 24.9 Å². The highest BCUT2D eigenvalue weighted by molar-refractivity contribution is 7.21. The Balaban J connectivity index is 1.33. The van der Waals surface area contributed by atoms with Crippen LogP contribution in [0, 0.1) is 0 Å². The summed E-state index contributed by atoms with van der Waals surface area (Å²) in [6.07, 6.45) is 3.33. The van der Waals surface area contributed by atoms with E-state index in [-0.39, 0.29) is 11.7 Å². The highest BCUT2D eigenvalue weighted by Gasteiger charge is 2.18. The minimum atomic E-state index is -0.332. The summed E-state index contributed by atoms with van der Waals surface area (Å²) in [7, 11) is 0. The van der Waals surface area contributed by atoms with Gasteiger partial charge in [0.05, 0.1) is 11.4 Å². The predicted octanol–water partition coefficient (Wildman–Crippen LogP) is 7.41. The number of rotatable bonds is 6. The second-order valence-electron chi connectivity index (χ2n) is 7.62. The fraction of sp³-hybridized carbons (Fsp3) is 0. The number of nitrogen functional groups attached to an aromatic ring is 1. The topological polar surface area (TPSA) is 85.1 Å². The van der Waals surface area contributed by atoms with Gasteiger partial charge in [0.15, 0.2) is 5.78 Å². The summed E-state index contributed by atoms with van der Waals surface area (Å²) in [5.74, 6) is -0.438. The molecule has 8 heteroatoms. The van der Waals surface area contributed by atoms with Crippen molar-refractivity contribution in [2.24, 2.45) is 0 Å². The molecule has 3 N–H and O–H groups in total. The van der Waals surface area contributed by atoms with Crippen LogP contribution in [0.5, 0.6) is 0 Å². The molecule has 3 heterocycles. The first-order valence-electron chi connectivity index (χ1n) is 10.6. The molecule has 5 nitrogen and oxygen atoms in total. The summed E-state index contributed by atoms with van der Waals surface area (Å²) in [6, 6.07) is 21.8. The van der Waals surface area contributed by atoms with E-state index in [0.29, 0.717) is 37.4 Å². The predicted molar refractivity (Wildman–Crippen MR) is 147 cm³/mol. The van der Waals surface area contributed by atoms with Gasteiger partial charge in [-0.25, -0.2) is 4.98 Å². The lowest BCUT2D eigenvalue weighted by atomic mass is 10.1. The number of carbonyl (C=O) groups is 2. The Morgan fingerprint density at radius 3 is 2.51 bits per heavy atom. The van der Waals surface area contributed by atoms with E-state index in [1.165, 1.54) is 11.3 Å². The van der Waals surface area contributed by atoms with Gasteiger partial charge in [0.2, 0.25) is 0 Å². The molecule has 0 spiro atoms. The fourth-order valence-electron chi connectivity index (χ4n) is 3.53. The van der Waals surface area contributed by atoms with Crippen LogP contribution in [-0.2, 0) is 0 Å². The van der Waals surface area contributed by atoms with Gasteiger partial charge in [0, 0.05) is 32.1 Å². The monoisotopic (exact) mass is 515 g/mol. The molecule has 0 aliphatic heterocycles. The van der Waals surface area contributed by atoms with Crippen molar-refractivity contribution in [2.75, 3.05) is 11.1 Å². The zero-order valence-electron chi connectivity index (χ0n) is 18.2. The number of nitrogens with two attached hydrogens (primary N) is 1. The molecule has 5 rings (SSSR count). The third kappa shape index (κ3) is 4.88. The number of nitrogens with one attached hydrogen (secondary N) is 1. The second kappa shape index (κ2) is 9.84. The maximum absolute atomic E-state index is 13.0. The Morgan fingerprint density at radius 1 is 0.971 bits per heavy atom. The lowest BCUT2D eigenvalue weighted by molar-refractivity contribution is 0.102. The van der Waals surface area contributed by atoms with Crippen molar-refractivity contribution in [1.29, 1.82) is 0 Å². The van der Waals surface area contributed by atoms with Crippen LogP contribution in [0.4, 0.5) is 11.4 Å². The summed E-state index contributed by atoms with van der Waals surface area (Å²) in [4.78, 5) is 32.1. The molecule has 0 saturated heterocycles. The van der Waals surface area contributed by atoms with E-state index in [1.54, 1.807) is 47.8 Å². The lowest BCUT2D eigenvalue weighted by Crippen LogP contribution is -2.12. The third-order valence-corrected chi connectivity index (χ3v) is 7.60. The first-order chi connectivity index (χ1) is 17.0. The number of fused-ring (bicyclic) bond motifs is 1. The van der Waals surface area contributed by atoms with Gasteiger partial charge in [0.1, 0.15) is 9.71 Å². The molecule has 2 aromatic carbocycles. The van der Waals surface area contributed by atoms with Gasteiger partial charge in [-0.3, -0.25) is 9.59 Å². The molecule has 35 heavy (non-hydrogen) atoms. The summed E-state index contributed by atoms with van der Waals surface area (Å²) in [5.41, 5.74) is 9.29. The molecule has 0 aliphatic carbocycles. The largest absolute Gasteiger partial charge is 0.397 e. The summed E-state index contributed by atoms with van der Waals surface area (Å²) >= 11 is 9.10. The van der Waals surface area contributed by atoms with Crippen LogP contribution in [0.3, 0.4) is 0 Å². The zero-order valence-corrected chi connectivity index (χ0v) is 20.6. The molecule has 0 fully saturated rings. The minimum absolute atomic E-state index is 0.106. The van der Waals surface area contributed by atoms with Gasteiger partial charge < -0.3 is 11.1 Å². The smallest absolute Gasteiger partial charge is 0.267 e. The zero-order chi connectivity index (χ0) is 24.4. The Hall–Kier alpha value is -3.78. The molecule has 0 unspecified atom stereocenters.